The monoisotopic (exact) mass is 274 g/mol. The van der Waals surface area contributed by atoms with Gasteiger partial charge in [-0.25, -0.2) is 9.97 Å². The molecule has 0 amide bonds. The van der Waals surface area contributed by atoms with E-state index in [0.717, 1.165) is 35.9 Å². The first kappa shape index (κ1) is 13.3. The second-order valence-electron chi connectivity index (χ2n) is 5.68. The molecule has 3 heterocycles. The van der Waals surface area contributed by atoms with Crippen LogP contribution in [0.25, 0.3) is 11.0 Å². The third-order valence-electron chi connectivity index (χ3n) is 4.13. The van der Waals surface area contributed by atoms with Crippen molar-refractivity contribution < 1.29 is 0 Å². The Hall–Kier alpha value is -1.69. The molecule has 2 aromatic heterocycles. The fourth-order valence-electron chi connectivity index (χ4n) is 2.72. The van der Waals surface area contributed by atoms with E-state index in [9.17, 15) is 0 Å². The number of anilines is 1. The van der Waals surface area contributed by atoms with Crippen LogP contribution >= 0.6 is 0 Å². The molecule has 1 aliphatic heterocycles. The molecule has 0 saturated carbocycles. The Balaban J connectivity index is 1.57. The highest BCUT2D eigenvalue weighted by Crippen LogP contribution is 2.18. The quantitative estimate of drug-likeness (QED) is 0.915. The third-order valence-corrected chi connectivity index (χ3v) is 4.13. The van der Waals surface area contributed by atoms with E-state index in [1.165, 1.54) is 25.9 Å². The molecular formula is C14H22N6. The van der Waals surface area contributed by atoms with E-state index in [0.29, 0.717) is 0 Å². The zero-order valence-electron chi connectivity index (χ0n) is 12.2. The van der Waals surface area contributed by atoms with Crippen LogP contribution in [-0.2, 0) is 7.05 Å². The number of hydrogen-bond donors (Lipinski definition) is 1. The zero-order chi connectivity index (χ0) is 13.9. The molecule has 0 spiro atoms. The van der Waals surface area contributed by atoms with Crippen molar-refractivity contribution in [3.63, 3.8) is 0 Å². The van der Waals surface area contributed by atoms with Crippen LogP contribution in [0.3, 0.4) is 0 Å². The van der Waals surface area contributed by atoms with Crippen LogP contribution in [0.2, 0.25) is 0 Å². The van der Waals surface area contributed by atoms with Gasteiger partial charge < -0.3 is 10.2 Å². The fourth-order valence-corrected chi connectivity index (χ4v) is 2.72. The number of nitrogens with one attached hydrogen (secondary N) is 1. The van der Waals surface area contributed by atoms with Crippen LogP contribution < -0.4 is 5.32 Å². The van der Waals surface area contributed by atoms with Crippen LogP contribution in [0.4, 0.5) is 5.82 Å². The lowest BCUT2D eigenvalue weighted by Crippen LogP contribution is -2.36. The lowest BCUT2D eigenvalue weighted by Gasteiger charge is -2.30. The van der Waals surface area contributed by atoms with Gasteiger partial charge in [-0.3, -0.25) is 4.68 Å². The predicted octanol–water partition coefficient (Wildman–Crippen LogP) is 1.51. The molecule has 1 aliphatic rings. The van der Waals surface area contributed by atoms with E-state index in [4.69, 9.17) is 0 Å². The Morgan fingerprint density at radius 3 is 2.90 bits per heavy atom. The van der Waals surface area contributed by atoms with Gasteiger partial charge in [0.15, 0.2) is 5.65 Å². The van der Waals surface area contributed by atoms with E-state index >= 15 is 0 Å². The summed E-state index contributed by atoms with van der Waals surface area (Å²) in [6, 6.07) is 0. The second-order valence-corrected chi connectivity index (χ2v) is 5.68. The first-order valence-corrected chi connectivity index (χ1v) is 7.33. The first-order chi connectivity index (χ1) is 9.74. The number of fused-ring (bicyclic) bond motifs is 1. The summed E-state index contributed by atoms with van der Waals surface area (Å²) in [6.45, 7) is 6.76. The molecule has 2 aromatic rings. The second kappa shape index (κ2) is 5.75. The number of aromatic nitrogens is 4. The molecule has 6 nitrogen and oxygen atoms in total. The molecule has 3 rings (SSSR count). The Morgan fingerprint density at radius 2 is 2.10 bits per heavy atom. The van der Waals surface area contributed by atoms with E-state index in [-0.39, 0.29) is 0 Å². The van der Waals surface area contributed by atoms with Crippen molar-refractivity contribution >= 4 is 16.9 Å². The van der Waals surface area contributed by atoms with Gasteiger partial charge in [0, 0.05) is 20.1 Å². The topological polar surface area (TPSA) is 58.9 Å². The smallest absolute Gasteiger partial charge is 0.163 e. The van der Waals surface area contributed by atoms with Gasteiger partial charge in [0.05, 0.1) is 11.6 Å². The highest BCUT2D eigenvalue weighted by atomic mass is 15.3. The van der Waals surface area contributed by atoms with Crippen LogP contribution in [0.5, 0.6) is 0 Å². The first-order valence-electron chi connectivity index (χ1n) is 7.33. The predicted molar refractivity (Wildman–Crippen MR) is 79.6 cm³/mol. The van der Waals surface area contributed by atoms with Crippen LogP contribution in [0.15, 0.2) is 12.5 Å². The summed E-state index contributed by atoms with van der Waals surface area (Å²) in [7, 11) is 1.90. The van der Waals surface area contributed by atoms with Gasteiger partial charge in [0.1, 0.15) is 12.1 Å². The number of piperidine rings is 1. The van der Waals surface area contributed by atoms with Crippen LogP contribution in [0, 0.1) is 5.92 Å². The van der Waals surface area contributed by atoms with Crippen molar-refractivity contribution in [3.05, 3.63) is 12.5 Å². The largest absolute Gasteiger partial charge is 0.368 e. The Morgan fingerprint density at radius 1 is 1.30 bits per heavy atom. The van der Waals surface area contributed by atoms with Crippen molar-refractivity contribution in [3.8, 4) is 0 Å². The van der Waals surface area contributed by atoms with Crippen LogP contribution in [-0.4, -0.2) is 50.8 Å². The average molecular weight is 274 g/mol. The number of nitrogens with zero attached hydrogens (tertiary/aromatic N) is 5. The highest BCUT2D eigenvalue weighted by Gasteiger charge is 2.15. The normalized spacial score (nSPS) is 17.7. The minimum absolute atomic E-state index is 0.870. The van der Waals surface area contributed by atoms with E-state index < -0.39 is 0 Å². The number of rotatable bonds is 4. The molecule has 1 N–H and O–H groups in total. The average Bonchev–Trinajstić information content (AvgIpc) is 2.84. The Labute approximate surface area is 119 Å². The standard InChI is InChI=1S/C14H22N6/c1-11-3-6-20(7-4-11)8-5-15-13-12-9-18-19(2)14(12)17-10-16-13/h9-11H,3-8H2,1-2H3,(H,15,16,17). The van der Waals surface area contributed by atoms with E-state index in [1.54, 1.807) is 11.0 Å². The minimum Gasteiger partial charge on any atom is -0.368 e. The number of hydrogen-bond acceptors (Lipinski definition) is 5. The highest BCUT2D eigenvalue weighted by molar-refractivity contribution is 5.85. The SMILES string of the molecule is CC1CCN(CCNc2ncnc3c2cnn3C)CC1. The summed E-state index contributed by atoms with van der Waals surface area (Å²) in [4.78, 5) is 11.1. The molecule has 20 heavy (non-hydrogen) atoms. The van der Waals surface area contributed by atoms with Gasteiger partial charge in [-0.05, 0) is 31.8 Å². The van der Waals surface area contributed by atoms with Crippen molar-refractivity contribution in [1.82, 2.24) is 24.6 Å². The molecule has 0 aromatic carbocycles. The molecular weight excluding hydrogens is 252 g/mol. The Kier molecular flexibility index (Phi) is 3.82. The van der Waals surface area contributed by atoms with Crippen molar-refractivity contribution in [2.45, 2.75) is 19.8 Å². The summed E-state index contributed by atoms with van der Waals surface area (Å²) in [5.41, 5.74) is 0.870. The number of aryl methyl sites for hydroxylation is 1. The van der Waals surface area contributed by atoms with Gasteiger partial charge in [-0.2, -0.15) is 5.10 Å². The van der Waals surface area contributed by atoms with Gasteiger partial charge in [-0.1, -0.05) is 6.92 Å². The summed E-state index contributed by atoms with van der Waals surface area (Å²) in [5.74, 6) is 1.77. The minimum atomic E-state index is 0.870. The molecule has 108 valence electrons. The molecule has 0 atom stereocenters. The maximum absolute atomic E-state index is 4.32. The lowest BCUT2D eigenvalue weighted by molar-refractivity contribution is 0.199. The summed E-state index contributed by atoms with van der Waals surface area (Å²) in [6.07, 6.45) is 6.05. The molecule has 0 unspecified atom stereocenters. The van der Waals surface area contributed by atoms with Gasteiger partial charge in [0.2, 0.25) is 0 Å². The maximum Gasteiger partial charge on any atom is 0.163 e. The lowest BCUT2D eigenvalue weighted by atomic mass is 9.99. The molecule has 1 saturated heterocycles. The van der Waals surface area contributed by atoms with Crippen molar-refractivity contribution in [1.29, 1.82) is 0 Å². The summed E-state index contributed by atoms with van der Waals surface area (Å²) < 4.78 is 1.77. The van der Waals surface area contributed by atoms with Gasteiger partial charge in [-0.15, -0.1) is 0 Å². The molecule has 1 fully saturated rings. The third kappa shape index (κ3) is 2.75. The Bertz CT molecular complexity index is 570. The van der Waals surface area contributed by atoms with Crippen molar-refractivity contribution in [2.75, 3.05) is 31.5 Å². The fraction of sp³-hybridized carbons (Fsp3) is 0.643. The van der Waals surface area contributed by atoms with E-state index in [1.807, 2.05) is 13.2 Å². The molecule has 0 radical (unpaired) electrons. The summed E-state index contributed by atoms with van der Waals surface area (Å²) >= 11 is 0. The zero-order valence-corrected chi connectivity index (χ0v) is 12.2. The van der Waals surface area contributed by atoms with Crippen LogP contribution in [0.1, 0.15) is 19.8 Å². The maximum atomic E-state index is 4.32. The number of likely N-dealkylation sites (tertiary alicyclic amines) is 1. The van der Waals surface area contributed by atoms with Crippen molar-refractivity contribution in [2.24, 2.45) is 13.0 Å². The summed E-state index contributed by atoms with van der Waals surface area (Å²) in [5, 5.41) is 8.63. The van der Waals surface area contributed by atoms with Gasteiger partial charge >= 0.3 is 0 Å². The molecule has 6 heteroatoms. The van der Waals surface area contributed by atoms with Gasteiger partial charge in [0.25, 0.3) is 0 Å². The molecule has 0 bridgehead atoms. The van der Waals surface area contributed by atoms with E-state index in [2.05, 4.69) is 32.2 Å². The molecule has 0 aliphatic carbocycles.